The first-order chi connectivity index (χ1) is 8.68. The smallest absolute Gasteiger partial charge is 0.0535 e. The zero-order chi connectivity index (χ0) is 13.0. The number of nitrogens with zero attached hydrogens (tertiary/aromatic N) is 2. The van der Waals surface area contributed by atoms with Crippen LogP contribution < -0.4 is 5.32 Å². The molecule has 18 heavy (non-hydrogen) atoms. The predicted molar refractivity (Wildman–Crippen MR) is 75.8 cm³/mol. The Morgan fingerprint density at radius 1 is 1.50 bits per heavy atom. The minimum Gasteiger partial charge on any atom is -0.311 e. The Kier molecular flexibility index (Phi) is 4.52. The fourth-order valence-corrected chi connectivity index (χ4v) is 2.67. The molecule has 0 radical (unpaired) electrons. The summed E-state index contributed by atoms with van der Waals surface area (Å²) in [5, 5.41) is 14.8. The highest BCUT2D eigenvalue weighted by Crippen LogP contribution is 2.20. The molecule has 2 aromatic heterocycles. The largest absolute Gasteiger partial charge is 0.311 e. The number of nitrogens with one attached hydrogen (secondary N) is 2. The number of H-pyrrole nitrogens is 1. The van der Waals surface area contributed by atoms with Gasteiger partial charge in [0.05, 0.1) is 6.20 Å². The molecule has 0 saturated carbocycles. The first-order valence-electron chi connectivity index (χ1n) is 6.06. The average Bonchev–Trinajstić information content (AvgIpc) is 2.96. The van der Waals surface area contributed by atoms with Gasteiger partial charge in [0.25, 0.3) is 0 Å². The molecule has 5 heteroatoms. The molecule has 0 fully saturated rings. The van der Waals surface area contributed by atoms with Crippen LogP contribution in [-0.4, -0.2) is 35.7 Å². The molecule has 0 aliphatic rings. The quantitative estimate of drug-likeness (QED) is 0.840. The topological polar surface area (TPSA) is 44.0 Å². The molecular weight excluding hydrogens is 244 g/mol. The Balaban J connectivity index is 1.89. The van der Waals surface area contributed by atoms with E-state index in [9.17, 15) is 0 Å². The first-order valence-corrected chi connectivity index (χ1v) is 7.01. The van der Waals surface area contributed by atoms with Gasteiger partial charge in [-0.2, -0.15) is 16.4 Å². The number of aromatic nitrogens is 2. The minimum atomic E-state index is 0.420. The summed E-state index contributed by atoms with van der Waals surface area (Å²) < 4.78 is 0. The second-order valence-corrected chi connectivity index (χ2v) is 5.47. The van der Waals surface area contributed by atoms with Crippen LogP contribution in [0.3, 0.4) is 0 Å². The van der Waals surface area contributed by atoms with Gasteiger partial charge in [0, 0.05) is 30.4 Å². The van der Waals surface area contributed by atoms with Crippen LogP contribution in [0.4, 0.5) is 0 Å². The zero-order valence-corrected chi connectivity index (χ0v) is 11.9. The molecule has 0 bridgehead atoms. The standard InChI is InChI=1S/C13H20N4S/c1-10-12(7-15-16-10)6-14-8-13(17(2)3)11-4-5-18-9-11/h4-5,7,9,13-14H,6,8H2,1-3H3,(H,15,16)/t13-/m0/s1. The maximum atomic E-state index is 4.03. The summed E-state index contributed by atoms with van der Waals surface area (Å²) >= 11 is 1.75. The Morgan fingerprint density at radius 3 is 2.89 bits per heavy atom. The third kappa shape index (κ3) is 3.19. The summed E-state index contributed by atoms with van der Waals surface area (Å²) in [6.45, 7) is 3.84. The van der Waals surface area contributed by atoms with E-state index in [1.807, 2.05) is 13.1 Å². The molecule has 2 rings (SSSR count). The highest BCUT2D eigenvalue weighted by atomic mass is 32.1. The molecule has 4 nitrogen and oxygen atoms in total. The molecule has 0 amide bonds. The Hall–Kier alpha value is -1.17. The lowest BCUT2D eigenvalue weighted by atomic mass is 10.1. The van der Waals surface area contributed by atoms with E-state index >= 15 is 0 Å². The van der Waals surface area contributed by atoms with Crippen molar-refractivity contribution in [3.05, 3.63) is 39.8 Å². The van der Waals surface area contributed by atoms with Crippen molar-refractivity contribution < 1.29 is 0 Å². The maximum absolute atomic E-state index is 4.03. The van der Waals surface area contributed by atoms with Crippen molar-refractivity contribution in [3.8, 4) is 0 Å². The van der Waals surface area contributed by atoms with Gasteiger partial charge in [-0.25, -0.2) is 0 Å². The fourth-order valence-electron chi connectivity index (χ4n) is 1.96. The van der Waals surface area contributed by atoms with Gasteiger partial charge in [0.2, 0.25) is 0 Å². The van der Waals surface area contributed by atoms with E-state index in [0.29, 0.717) is 6.04 Å². The van der Waals surface area contributed by atoms with Crippen molar-refractivity contribution in [2.75, 3.05) is 20.6 Å². The third-order valence-corrected chi connectivity index (χ3v) is 3.84. The highest BCUT2D eigenvalue weighted by molar-refractivity contribution is 7.07. The van der Waals surface area contributed by atoms with Gasteiger partial charge in [0.15, 0.2) is 0 Å². The summed E-state index contributed by atoms with van der Waals surface area (Å²) in [7, 11) is 4.24. The minimum absolute atomic E-state index is 0.420. The number of hydrogen-bond donors (Lipinski definition) is 2. The molecule has 2 heterocycles. The van der Waals surface area contributed by atoms with Crippen LogP contribution in [-0.2, 0) is 6.54 Å². The van der Waals surface area contributed by atoms with Crippen LogP contribution in [0.15, 0.2) is 23.0 Å². The summed E-state index contributed by atoms with van der Waals surface area (Å²) in [5.74, 6) is 0. The van der Waals surface area contributed by atoms with Crippen LogP contribution in [0.25, 0.3) is 0 Å². The number of rotatable bonds is 6. The average molecular weight is 264 g/mol. The molecule has 2 N–H and O–H groups in total. The van der Waals surface area contributed by atoms with E-state index in [1.165, 1.54) is 11.1 Å². The van der Waals surface area contributed by atoms with Crippen molar-refractivity contribution >= 4 is 11.3 Å². The molecule has 2 aromatic rings. The number of thiophene rings is 1. The monoisotopic (exact) mass is 264 g/mol. The number of likely N-dealkylation sites (N-methyl/N-ethyl adjacent to an activating group) is 1. The molecule has 0 saturated heterocycles. The predicted octanol–water partition coefficient (Wildman–Crippen LogP) is 2.17. The summed E-state index contributed by atoms with van der Waals surface area (Å²) in [4.78, 5) is 2.25. The van der Waals surface area contributed by atoms with Crippen LogP contribution in [0, 0.1) is 6.92 Å². The Bertz CT molecular complexity index is 461. The highest BCUT2D eigenvalue weighted by Gasteiger charge is 2.14. The number of aromatic amines is 1. The molecular formula is C13H20N4S. The van der Waals surface area contributed by atoms with Crippen LogP contribution >= 0.6 is 11.3 Å². The lowest BCUT2D eigenvalue weighted by molar-refractivity contribution is 0.289. The Labute approximate surface area is 112 Å². The maximum Gasteiger partial charge on any atom is 0.0535 e. The van der Waals surface area contributed by atoms with Gasteiger partial charge in [-0.3, -0.25) is 5.10 Å². The number of aryl methyl sites for hydroxylation is 1. The van der Waals surface area contributed by atoms with Crippen molar-refractivity contribution in [1.29, 1.82) is 0 Å². The van der Waals surface area contributed by atoms with Crippen LogP contribution in [0.5, 0.6) is 0 Å². The number of hydrogen-bond acceptors (Lipinski definition) is 4. The SMILES string of the molecule is Cc1[nH]ncc1CNC[C@@H](c1ccsc1)N(C)C. The van der Waals surface area contributed by atoms with Crippen molar-refractivity contribution in [3.63, 3.8) is 0 Å². The van der Waals surface area contributed by atoms with Gasteiger partial charge >= 0.3 is 0 Å². The van der Waals surface area contributed by atoms with Gasteiger partial charge < -0.3 is 10.2 Å². The first kappa shape index (κ1) is 13.3. The van der Waals surface area contributed by atoms with Crippen LogP contribution in [0.2, 0.25) is 0 Å². The van der Waals surface area contributed by atoms with E-state index < -0.39 is 0 Å². The summed E-state index contributed by atoms with van der Waals surface area (Å²) in [6, 6.07) is 2.61. The molecule has 0 spiro atoms. The zero-order valence-electron chi connectivity index (χ0n) is 11.1. The van der Waals surface area contributed by atoms with Gasteiger partial charge in [-0.15, -0.1) is 0 Å². The normalized spacial score (nSPS) is 13.1. The molecule has 0 aromatic carbocycles. The van der Waals surface area contributed by atoms with Crippen molar-refractivity contribution in [2.45, 2.75) is 19.5 Å². The van der Waals surface area contributed by atoms with Gasteiger partial charge in [-0.1, -0.05) is 0 Å². The molecule has 0 aliphatic carbocycles. The van der Waals surface area contributed by atoms with Gasteiger partial charge in [0.1, 0.15) is 0 Å². The molecule has 0 aliphatic heterocycles. The summed E-state index contributed by atoms with van der Waals surface area (Å²) in [6.07, 6.45) is 1.89. The van der Waals surface area contributed by atoms with E-state index in [2.05, 4.69) is 51.3 Å². The Morgan fingerprint density at radius 2 is 2.33 bits per heavy atom. The second-order valence-electron chi connectivity index (χ2n) is 4.69. The second kappa shape index (κ2) is 6.13. The van der Waals surface area contributed by atoms with Crippen molar-refractivity contribution in [1.82, 2.24) is 20.4 Å². The van der Waals surface area contributed by atoms with Crippen molar-refractivity contribution in [2.24, 2.45) is 0 Å². The lowest BCUT2D eigenvalue weighted by Crippen LogP contribution is -2.30. The van der Waals surface area contributed by atoms with E-state index in [1.54, 1.807) is 11.3 Å². The van der Waals surface area contributed by atoms with E-state index in [0.717, 1.165) is 18.8 Å². The third-order valence-electron chi connectivity index (χ3n) is 3.14. The molecule has 0 unspecified atom stereocenters. The van der Waals surface area contributed by atoms with E-state index in [4.69, 9.17) is 0 Å². The van der Waals surface area contributed by atoms with E-state index in [-0.39, 0.29) is 0 Å². The van der Waals surface area contributed by atoms with Gasteiger partial charge in [-0.05, 0) is 43.4 Å². The molecule has 98 valence electrons. The van der Waals surface area contributed by atoms with Crippen LogP contribution in [0.1, 0.15) is 22.9 Å². The summed E-state index contributed by atoms with van der Waals surface area (Å²) in [5.41, 5.74) is 3.75. The fraction of sp³-hybridized carbons (Fsp3) is 0.462. The molecule has 1 atom stereocenters. The lowest BCUT2D eigenvalue weighted by Gasteiger charge is -2.24.